The number of aromatic nitrogens is 4. The first-order valence-corrected chi connectivity index (χ1v) is 10.5. The second-order valence-corrected chi connectivity index (χ2v) is 8.18. The summed E-state index contributed by atoms with van der Waals surface area (Å²) in [5, 5.41) is 15.2. The molecule has 4 rings (SSSR count). The lowest BCUT2D eigenvalue weighted by molar-refractivity contribution is -0.115. The number of para-hydroxylation sites is 1. The molecule has 3 aromatic carbocycles. The molecule has 0 fully saturated rings. The lowest BCUT2D eigenvalue weighted by Crippen LogP contribution is -2.23. The van der Waals surface area contributed by atoms with Gasteiger partial charge in [-0.25, -0.2) is 0 Å². The summed E-state index contributed by atoms with van der Waals surface area (Å²) in [6.07, 6.45) is 0. The van der Waals surface area contributed by atoms with E-state index in [9.17, 15) is 4.79 Å². The number of tetrazole rings is 1. The SMILES string of the molecule is Cc1cccc(-n2nnnc2S[C@@H](C)C(=O)Nc2ccccc2-c2ccccc2)c1. The molecule has 4 aromatic rings. The molecule has 0 spiro atoms. The van der Waals surface area contributed by atoms with Crippen LogP contribution in [0.5, 0.6) is 0 Å². The van der Waals surface area contributed by atoms with Gasteiger partial charge in [0.2, 0.25) is 11.1 Å². The molecule has 0 bridgehead atoms. The topological polar surface area (TPSA) is 72.7 Å². The predicted octanol–water partition coefficient (Wildman–Crippen LogP) is 4.76. The molecule has 7 heteroatoms. The van der Waals surface area contributed by atoms with Crippen LogP contribution in [0.2, 0.25) is 0 Å². The van der Waals surface area contributed by atoms with Crippen LogP contribution in [0.1, 0.15) is 12.5 Å². The lowest BCUT2D eigenvalue weighted by Gasteiger charge is -2.15. The van der Waals surface area contributed by atoms with E-state index in [0.717, 1.165) is 28.1 Å². The first kappa shape index (κ1) is 19.8. The van der Waals surface area contributed by atoms with E-state index in [1.165, 1.54) is 11.8 Å². The molecule has 0 aliphatic carbocycles. The van der Waals surface area contributed by atoms with E-state index in [1.807, 2.05) is 92.7 Å². The third-order valence-corrected chi connectivity index (χ3v) is 5.64. The van der Waals surface area contributed by atoms with Crippen molar-refractivity contribution in [1.82, 2.24) is 20.2 Å². The van der Waals surface area contributed by atoms with E-state index < -0.39 is 0 Å². The fourth-order valence-electron chi connectivity index (χ4n) is 3.08. The number of hydrogen-bond donors (Lipinski definition) is 1. The van der Waals surface area contributed by atoms with Gasteiger partial charge in [-0.05, 0) is 53.6 Å². The van der Waals surface area contributed by atoms with Crippen LogP contribution in [0, 0.1) is 6.92 Å². The fraction of sp³-hybridized carbons (Fsp3) is 0.130. The van der Waals surface area contributed by atoms with Crippen molar-refractivity contribution in [3.8, 4) is 16.8 Å². The molecular formula is C23H21N5OS. The Balaban J connectivity index is 1.51. The van der Waals surface area contributed by atoms with Crippen LogP contribution in [-0.2, 0) is 4.79 Å². The highest BCUT2D eigenvalue weighted by atomic mass is 32.2. The monoisotopic (exact) mass is 415 g/mol. The summed E-state index contributed by atoms with van der Waals surface area (Å²) in [5.41, 5.74) is 4.79. The lowest BCUT2D eigenvalue weighted by atomic mass is 10.0. The van der Waals surface area contributed by atoms with Crippen LogP contribution in [0.4, 0.5) is 5.69 Å². The van der Waals surface area contributed by atoms with Crippen molar-refractivity contribution in [1.29, 1.82) is 0 Å². The second kappa shape index (κ2) is 8.92. The highest BCUT2D eigenvalue weighted by Crippen LogP contribution is 2.29. The maximum atomic E-state index is 12.9. The molecule has 1 heterocycles. The van der Waals surface area contributed by atoms with Crippen LogP contribution in [0.3, 0.4) is 0 Å². The number of hydrogen-bond acceptors (Lipinski definition) is 5. The molecule has 1 atom stereocenters. The maximum Gasteiger partial charge on any atom is 0.237 e. The Morgan fingerprint density at radius 3 is 2.57 bits per heavy atom. The van der Waals surface area contributed by atoms with Crippen molar-refractivity contribution in [2.24, 2.45) is 0 Å². The van der Waals surface area contributed by atoms with Gasteiger partial charge >= 0.3 is 0 Å². The van der Waals surface area contributed by atoms with E-state index in [4.69, 9.17) is 0 Å². The number of aryl methyl sites for hydroxylation is 1. The van der Waals surface area contributed by atoms with Crippen LogP contribution < -0.4 is 5.32 Å². The molecule has 30 heavy (non-hydrogen) atoms. The maximum absolute atomic E-state index is 12.9. The normalized spacial score (nSPS) is 11.8. The number of amides is 1. The summed E-state index contributed by atoms with van der Waals surface area (Å²) in [6.45, 7) is 3.86. The molecule has 1 aromatic heterocycles. The van der Waals surface area contributed by atoms with Crippen LogP contribution in [0.25, 0.3) is 16.8 Å². The van der Waals surface area contributed by atoms with Gasteiger partial charge in [0.05, 0.1) is 10.9 Å². The molecule has 1 amide bonds. The number of carbonyl (C=O) groups is 1. The van der Waals surface area contributed by atoms with Gasteiger partial charge in [0.15, 0.2) is 0 Å². The standard InChI is InChI=1S/C23H21N5OS/c1-16-9-8-12-19(15-16)28-23(25-26-27-28)30-17(2)22(29)24-21-14-7-6-13-20(21)18-10-4-3-5-11-18/h3-15,17H,1-2H3,(H,24,29)/t17-/m0/s1. The van der Waals surface area contributed by atoms with Gasteiger partial charge < -0.3 is 5.32 Å². The van der Waals surface area contributed by atoms with E-state index in [0.29, 0.717) is 5.16 Å². The van der Waals surface area contributed by atoms with E-state index in [1.54, 1.807) is 4.68 Å². The summed E-state index contributed by atoms with van der Waals surface area (Å²) >= 11 is 1.32. The molecule has 0 aliphatic heterocycles. The molecular weight excluding hydrogens is 394 g/mol. The number of benzene rings is 3. The average molecular weight is 416 g/mol. The largest absolute Gasteiger partial charge is 0.325 e. The number of rotatable bonds is 6. The first-order chi connectivity index (χ1) is 14.6. The van der Waals surface area contributed by atoms with E-state index in [2.05, 4.69) is 20.8 Å². The zero-order chi connectivity index (χ0) is 20.9. The molecule has 150 valence electrons. The van der Waals surface area contributed by atoms with Crippen molar-refractivity contribution in [3.63, 3.8) is 0 Å². The minimum Gasteiger partial charge on any atom is -0.325 e. The zero-order valence-electron chi connectivity index (χ0n) is 16.7. The zero-order valence-corrected chi connectivity index (χ0v) is 17.5. The van der Waals surface area contributed by atoms with Crippen molar-refractivity contribution in [3.05, 3.63) is 84.4 Å². The van der Waals surface area contributed by atoms with Gasteiger partial charge in [-0.1, -0.05) is 72.4 Å². The predicted molar refractivity (Wildman–Crippen MR) is 120 cm³/mol. The highest BCUT2D eigenvalue weighted by Gasteiger charge is 2.20. The van der Waals surface area contributed by atoms with Crippen molar-refractivity contribution in [2.45, 2.75) is 24.3 Å². The summed E-state index contributed by atoms with van der Waals surface area (Å²) in [5.74, 6) is -0.109. The van der Waals surface area contributed by atoms with Crippen molar-refractivity contribution < 1.29 is 4.79 Å². The molecule has 0 saturated carbocycles. The number of nitrogens with zero attached hydrogens (tertiary/aromatic N) is 4. The molecule has 0 saturated heterocycles. The van der Waals surface area contributed by atoms with Crippen molar-refractivity contribution in [2.75, 3.05) is 5.32 Å². The molecule has 0 aliphatic rings. The Hall–Kier alpha value is -3.45. The van der Waals surface area contributed by atoms with Crippen LogP contribution >= 0.6 is 11.8 Å². The van der Waals surface area contributed by atoms with Crippen LogP contribution in [0.15, 0.2) is 84.0 Å². The van der Waals surface area contributed by atoms with Gasteiger partial charge in [0, 0.05) is 11.3 Å². The molecule has 1 N–H and O–H groups in total. The van der Waals surface area contributed by atoms with Gasteiger partial charge in [0.1, 0.15) is 0 Å². The second-order valence-electron chi connectivity index (χ2n) is 6.87. The number of carbonyl (C=O) groups excluding carboxylic acids is 1. The minimum atomic E-state index is -0.386. The number of anilines is 1. The summed E-state index contributed by atoms with van der Waals surface area (Å²) in [6, 6.07) is 25.7. The van der Waals surface area contributed by atoms with Gasteiger partial charge in [0.25, 0.3) is 0 Å². The minimum absolute atomic E-state index is 0.109. The van der Waals surface area contributed by atoms with Gasteiger partial charge in [-0.2, -0.15) is 4.68 Å². The van der Waals surface area contributed by atoms with Gasteiger partial charge in [-0.3, -0.25) is 4.79 Å². The summed E-state index contributed by atoms with van der Waals surface area (Å²) in [4.78, 5) is 12.9. The molecule has 0 radical (unpaired) electrons. The Kier molecular flexibility index (Phi) is 5.90. The molecule has 6 nitrogen and oxygen atoms in total. The Labute approximate surface area is 179 Å². The summed E-state index contributed by atoms with van der Waals surface area (Å²) in [7, 11) is 0. The third kappa shape index (κ3) is 4.41. The van der Waals surface area contributed by atoms with Crippen LogP contribution in [-0.4, -0.2) is 31.4 Å². The van der Waals surface area contributed by atoms with Gasteiger partial charge in [-0.15, -0.1) is 5.10 Å². The van der Waals surface area contributed by atoms with Crippen molar-refractivity contribution >= 4 is 23.4 Å². The third-order valence-electron chi connectivity index (χ3n) is 4.61. The first-order valence-electron chi connectivity index (χ1n) is 9.59. The Morgan fingerprint density at radius 1 is 1.00 bits per heavy atom. The smallest absolute Gasteiger partial charge is 0.237 e. The average Bonchev–Trinajstić information content (AvgIpc) is 3.23. The molecule has 0 unspecified atom stereocenters. The quantitative estimate of drug-likeness (QED) is 0.460. The number of nitrogens with one attached hydrogen (secondary N) is 1. The van der Waals surface area contributed by atoms with E-state index in [-0.39, 0.29) is 11.2 Å². The fourth-order valence-corrected chi connectivity index (χ4v) is 3.89. The Morgan fingerprint density at radius 2 is 1.77 bits per heavy atom. The Bertz CT molecular complexity index is 1160. The summed E-state index contributed by atoms with van der Waals surface area (Å²) < 4.78 is 1.65. The highest BCUT2D eigenvalue weighted by molar-refractivity contribution is 8.00. The van der Waals surface area contributed by atoms with E-state index >= 15 is 0 Å². The number of thioether (sulfide) groups is 1.